The van der Waals surface area contributed by atoms with E-state index in [2.05, 4.69) is 0 Å². The van der Waals surface area contributed by atoms with Crippen molar-refractivity contribution in [2.24, 2.45) is 0 Å². The van der Waals surface area contributed by atoms with Gasteiger partial charge in [-0.3, -0.25) is 0 Å². The highest BCUT2D eigenvalue weighted by molar-refractivity contribution is 7.91. The van der Waals surface area contributed by atoms with Crippen molar-refractivity contribution in [1.82, 2.24) is 0 Å². The number of fused-ring (bicyclic) bond motifs is 1. The Labute approximate surface area is 88.4 Å². The molecule has 0 fully saturated rings. The molecule has 0 atom stereocenters. The molecule has 0 aromatic heterocycles. The van der Waals surface area contributed by atoms with Crippen LogP contribution in [0.1, 0.15) is 0 Å². The van der Waals surface area contributed by atoms with Crippen LogP contribution in [-0.2, 0) is 9.84 Å². The van der Waals surface area contributed by atoms with Crippen LogP contribution in [0.5, 0.6) is 0 Å². The fourth-order valence-corrected chi connectivity index (χ4v) is 2.51. The van der Waals surface area contributed by atoms with Gasteiger partial charge in [-0.1, -0.05) is 18.2 Å². The molecule has 0 unspecified atom stereocenters. The Bertz CT molecular complexity index is 618. The highest BCUT2D eigenvalue weighted by Crippen LogP contribution is 2.24. The van der Waals surface area contributed by atoms with Crippen LogP contribution in [-0.4, -0.2) is 14.7 Å². The first-order chi connectivity index (χ1) is 6.98. The molecule has 0 saturated carbocycles. The monoisotopic (exact) mass is 221 g/mol. The van der Waals surface area contributed by atoms with Crippen LogP contribution in [0.4, 0.5) is 5.69 Å². The first-order valence-electron chi connectivity index (χ1n) is 4.47. The molecule has 2 aromatic rings. The quantitative estimate of drug-likeness (QED) is 0.747. The van der Waals surface area contributed by atoms with Crippen molar-refractivity contribution < 1.29 is 8.42 Å². The number of nitrogens with two attached hydrogens (primary N) is 1. The average molecular weight is 221 g/mol. The van der Waals surface area contributed by atoms with Crippen molar-refractivity contribution >= 4 is 26.3 Å². The largest absolute Gasteiger partial charge is 0.399 e. The third-order valence-corrected chi connectivity index (χ3v) is 3.42. The Balaban J connectivity index is 2.89. The predicted molar refractivity (Wildman–Crippen MR) is 61.5 cm³/mol. The molecule has 0 radical (unpaired) electrons. The van der Waals surface area contributed by atoms with Gasteiger partial charge in [0.25, 0.3) is 0 Å². The molecule has 2 aromatic carbocycles. The number of rotatable bonds is 1. The Kier molecular flexibility index (Phi) is 2.16. The third kappa shape index (κ3) is 1.80. The lowest BCUT2D eigenvalue weighted by Gasteiger charge is -2.04. The molecule has 2 N–H and O–H groups in total. The third-order valence-electron chi connectivity index (χ3n) is 2.26. The minimum atomic E-state index is -3.18. The summed E-state index contributed by atoms with van der Waals surface area (Å²) in [5, 5.41) is 1.56. The summed E-state index contributed by atoms with van der Waals surface area (Å²) in [5.74, 6) is 0. The summed E-state index contributed by atoms with van der Waals surface area (Å²) < 4.78 is 23.0. The molecule has 0 saturated heterocycles. The first kappa shape index (κ1) is 9.98. The second-order valence-corrected chi connectivity index (χ2v) is 5.49. The summed E-state index contributed by atoms with van der Waals surface area (Å²) in [7, 11) is -3.18. The molecule has 0 aliphatic heterocycles. The van der Waals surface area contributed by atoms with Crippen molar-refractivity contribution in [1.29, 1.82) is 0 Å². The van der Waals surface area contributed by atoms with Crippen LogP contribution < -0.4 is 5.73 Å². The molecule has 0 aliphatic carbocycles. The van der Waals surface area contributed by atoms with Gasteiger partial charge in [-0.2, -0.15) is 0 Å². The molecule has 0 spiro atoms. The first-order valence-corrected chi connectivity index (χ1v) is 6.36. The number of sulfone groups is 1. The SMILES string of the molecule is CS(=O)(=O)c1cccc2cc(N)ccc12. The van der Waals surface area contributed by atoms with E-state index in [1.807, 2.05) is 6.07 Å². The van der Waals surface area contributed by atoms with E-state index >= 15 is 0 Å². The molecule has 2 rings (SSSR count). The summed E-state index contributed by atoms with van der Waals surface area (Å²) in [6.07, 6.45) is 1.21. The van der Waals surface area contributed by atoms with Gasteiger partial charge in [0.15, 0.2) is 9.84 Å². The second-order valence-electron chi connectivity index (χ2n) is 3.51. The number of nitrogen functional groups attached to an aromatic ring is 1. The topological polar surface area (TPSA) is 60.2 Å². The zero-order chi connectivity index (χ0) is 11.1. The highest BCUT2D eigenvalue weighted by atomic mass is 32.2. The summed E-state index contributed by atoms with van der Waals surface area (Å²) in [6, 6.07) is 10.4. The van der Waals surface area contributed by atoms with E-state index in [-0.39, 0.29) is 0 Å². The molecule has 0 amide bonds. The van der Waals surface area contributed by atoms with Gasteiger partial charge in [-0.25, -0.2) is 8.42 Å². The molecule has 4 heteroatoms. The summed E-state index contributed by atoms with van der Waals surface area (Å²) in [4.78, 5) is 0.347. The second kappa shape index (κ2) is 3.24. The normalized spacial score (nSPS) is 11.8. The lowest BCUT2D eigenvalue weighted by molar-refractivity contribution is 0.602. The maximum Gasteiger partial charge on any atom is 0.176 e. The van der Waals surface area contributed by atoms with E-state index in [0.29, 0.717) is 16.0 Å². The Hall–Kier alpha value is -1.55. The average Bonchev–Trinajstić information content (AvgIpc) is 2.15. The zero-order valence-electron chi connectivity index (χ0n) is 8.27. The van der Waals surface area contributed by atoms with Gasteiger partial charge in [0.05, 0.1) is 4.90 Å². The van der Waals surface area contributed by atoms with Crippen LogP contribution in [0.15, 0.2) is 41.3 Å². The summed E-state index contributed by atoms with van der Waals surface area (Å²) in [5.41, 5.74) is 6.27. The molecule has 78 valence electrons. The Morgan fingerprint density at radius 3 is 2.53 bits per heavy atom. The van der Waals surface area contributed by atoms with Gasteiger partial charge in [0.2, 0.25) is 0 Å². The lowest BCUT2D eigenvalue weighted by atomic mass is 10.1. The Morgan fingerprint density at radius 2 is 1.87 bits per heavy atom. The van der Waals surface area contributed by atoms with Gasteiger partial charge in [0.1, 0.15) is 0 Å². The fraction of sp³-hybridized carbons (Fsp3) is 0.0909. The summed E-state index contributed by atoms with van der Waals surface area (Å²) in [6.45, 7) is 0. The highest BCUT2D eigenvalue weighted by Gasteiger charge is 2.10. The number of benzene rings is 2. The standard InChI is InChI=1S/C11H11NO2S/c1-15(13,14)11-4-2-3-8-7-9(12)5-6-10(8)11/h2-7H,12H2,1H3. The van der Waals surface area contributed by atoms with Crippen molar-refractivity contribution in [3.8, 4) is 0 Å². The summed E-state index contributed by atoms with van der Waals surface area (Å²) >= 11 is 0. The smallest absolute Gasteiger partial charge is 0.176 e. The molecule has 15 heavy (non-hydrogen) atoms. The van der Waals surface area contributed by atoms with E-state index in [1.165, 1.54) is 6.26 Å². The van der Waals surface area contributed by atoms with E-state index in [1.54, 1.807) is 30.3 Å². The van der Waals surface area contributed by atoms with Crippen LogP contribution >= 0.6 is 0 Å². The van der Waals surface area contributed by atoms with Gasteiger partial charge in [-0.15, -0.1) is 0 Å². The van der Waals surface area contributed by atoms with Gasteiger partial charge in [0, 0.05) is 17.3 Å². The predicted octanol–water partition coefficient (Wildman–Crippen LogP) is 1.83. The maximum atomic E-state index is 11.5. The number of anilines is 1. The van der Waals surface area contributed by atoms with Crippen molar-refractivity contribution in [2.75, 3.05) is 12.0 Å². The van der Waals surface area contributed by atoms with Crippen molar-refractivity contribution in [3.63, 3.8) is 0 Å². The van der Waals surface area contributed by atoms with Gasteiger partial charge < -0.3 is 5.73 Å². The van der Waals surface area contributed by atoms with E-state index in [4.69, 9.17) is 5.73 Å². The number of hydrogen-bond acceptors (Lipinski definition) is 3. The number of hydrogen-bond donors (Lipinski definition) is 1. The van der Waals surface area contributed by atoms with Crippen LogP contribution in [0.25, 0.3) is 10.8 Å². The fourth-order valence-electron chi connectivity index (χ4n) is 1.60. The molecule has 3 nitrogen and oxygen atoms in total. The minimum Gasteiger partial charge on any atom is -0.399 e. The molecule has 0 heterocycles. The van der Waals surface area contributed by atoms with E-state index in [9.17, 15) is 8.42 Å². The zero-order valence-corrected chi connectivity index (χ0v) is 9.08. The van der Waals surface area contributed by atoms with Crippen LogP contribution in [0.3, 0.4) is 0 Å². The van der Waals surface area contributed by atoms with E-state index in [0.717, 1.165) is 5.39 Å². The Morgan fingerprint density at radius 1 is 1.13 bits per heavy atom. The van der Waals surface area contributed by atoms with Gasteiger partial charge >= 0.3 is 0 Å². The minimum absolute atomic E-state index is 0.347. The van der Waals surface area contributed by atoms with Crippen molar-refractivity contribution in [2.45, 2.75) is 4.90 Å². The van der Waals surface area contributed by atoms with Gasteiger partial charge in [-0.05, 0) is 23.6 Å². The molecular formula is C11H11NO2S. The van der Waals surface area contributed by atoms with Crippen LogP contribution in [0.2, 0.25) is 0 Å². The maximum absolute atomic E-state index is 11.5. The lowest BCUT2D eigenvalue weighted by Crippen LogP contribution is -1.98. The molecule has 0 aliphatic rings. The molecule has 0 bridgehead atoms. The van der Waals surface area contributed by atoms with E-state index < -0.39 is 9.84 Å². The molecular weight excluding hydrogens is 210 g/mol. The van der Waals surface area contributed by atoms with Crippen LogP contribution in [0, 0.1) is 0 Å². The van der Waals surface area contributed by atoms with Crippen molar-refractivity contribution in [3.05, 3.63) is 36.4 Å².